The Morgan fingerprint density at radius 1 is 1.20 bits per heavy atom. The van der Waals surface area contributed by atoms with Crippen molar-refractivity contribution in [2.24, 2.45) is 0 Å². The molecular formula is C14H19F2NO3. The fourth-order valence-electron chi connectivity index (χ4n) is 2.24. The van der Waals surface area contributed by atoms with Crippen LogP contribution in [-0.2, 0) is 17.8 Å². The molecule has 0 amide bonds. The molecule has 1 atom stereocenters. The maximum atomic E-state index is 12.1. The first-order valence-corrected chi connectivity index (χ1v) is 6.51. The van der Waals surface area contributed by atoms with Crippen LogP contribution in [-0.4, -0.2) is 33.4 Å². The fraction of sp³-hybridized carbons (Fsp3) is 0.571. The average Bonchev–Trinajstić information content (AvgIpc) is 2.40. The van der Waals surface area contributed by atoms with E-state index in [1.165, 1.54) is 7.11 Å². The van der Waals surface area contributed by atoms with Crippen LogP contribution in [0.25, 0.3) is 0 Å². The number of ether oxygens (including phenoxy) is 3. The van der Waals surface area contributed by atoms with Crippen molar-refractivity contribution >= 4 is 0 Å². The van der Waals surface area contributed by atoms with Gasteiger partial charge in [0.25, 0.3) is 0 Å². The molecular weight excluding hydrogens is 268 g/mol. The van der Waals surface area contributed by atoms with Crippen molar-refractivity contribution in [3.8, 4) is 11.5 Å². The monoisotopic (exact) mass is 287 g/mol. The molecule has 0 unspecified atom stereocenters. The lowest BCUT2D eigenvalue weighted by Gasteiger charge is -2.28. The Morgan fingerprint density at radius 3 is 2.30 bits per heavy atom. The molecule has 0 bridgehead atoms. The quantitative estimate of drug-likeness (QED) is 0.835. The molecule has 0 aliphatic carbocycles. The largest absolute Gasteiger partial charge is 0.496 e. The molecule has 2 rings (SSSR count). The van der Waals surface area contributed by atoms with Crippen LogP contribution in [0, 0.1) is 0 Å². The summed E-state index contributed by atoms with van der Waals surface area (Å²) < 4.78 is 39.2. The lowest BCUT2D eigenvalue weighted by atomic mass is 9.96. The van der Waals surface area contributed by atoms with Crippen LogP contribution in [0.4, 0.5) is 8.78 Å². The van der Waals surface area contributed by atoms with E-state index < -0.39 is 6.61 Å². The van der Waals surface area contributed by atoms with Crippen LogP contribution in [0.2, 0.25) is 0 Å². The van der Waals surface area contributed by atoms with Gasteiger partial charge in [-0.15, -0.1) is 0 Å². The Bertz CT molecular complexity index is 450. The summed E-state index contributed by atoms with van der Waals surface area (Å²) in [6, 6.07) is 3.98. The van der Waals surface area contributed by atoms with Crippen LogP contribution in [0.1, 0.15) is 17.5 Å². The van der Waals surface area contributed by atoms with Crippen molar-refractivity contribution in [3.63, 3.8) is 0 Å². The lowest BCUT2D eigenvalue weighted by Crippen LogP contribution is -2.44. The first-order valence-electron chi connectivity index (χ1n) is 6.51. The number of halogens is 2. The van der Waals surface area contributed by atoms with Gasteiger partial charge in [0.05, 0.1) is 20.8 Å². The zero-order chi connectivity index (χ0) is 14.5. The summed E-state index contributed by atoms with van der Waals surface area (Å²) in [6.45, 7) is -1.98. The summed E-state index contributed by atoms with van der Waals surface area (Å²) in [7, 11) is 3.08. The molecule has 1 N–H and O–H groups in total. The molecule has 1 aliphatic heterocycles. The summed E-state index contributed by atoms with van der Waals surface area (Å²) in [6.07, 6.45) is 1.96. The highest BCUT2D eigenvalue weighted by Crippen LogP contribution is 2.31. The Labute approximate surface area is 117 Å². The second kappa shape index (κ2) is 6.85. The van der Waals surface area contributed by atoms with Crippen molar-refractivity contribution in [1.29, 1.82) is 0 Å². The van der Waals surface area contributed by atoms with Gasteiger partial charge in [-0.3, -0.25) is 0 Å². The predicted molar refractivity (Wildman–Crippen MR) is 70.5 cm³/mol. The van der Waals surface area contributed by atoms with Gasteiger partial charge >= 0.3 is 6.61 Å². The Morgan fingerprint density at radius 2 is 1.80 bits per heavy atom. The predicted octanol–water partition coefficient (Wildman–Crippen LogP) is 2.35. The van der Waals surface area contributed by atoms with Crippen molar-refractivity contribution in [2.45, 2.75) is 32.1 Å². The molecule has 6 heteroatoms. The molecule has 1 fully saturated rings. The Kier molecular flexibility index (Phi) is 5.14. The fourth-order valence-corrected chi connectivity index (χ4v) is 2.24. The number of methoxy groups -OCH3 is 2. The summed E-state index contributed by atoms with van der Waals surface area (Å²) in [4.78, 5) is 0. The molecule has 0 aromatic heterocycles. The number of alkyl halides is 2. The minimum Gasteiger partial charge on any atom is -0.496 e. The van der Waals surface area contributed by atoms with Gasteiger partial charge in [0.2, 0.25) is 0 Å². The highest BCUT2D eigenvalue weighted by Gasteiger charge is 2.20. The molecule has 112 valence electrons. The third kappa shape index (κ3) is 3.58. The zero-order valence-electron chi connectivity index (χ0n) is 11.6. The molecule has 0 spiro atoms. The van der Waals surface area contributed by atoms with Crippen LogP contribution in [0.5, 0.6) is 11.5 Å². The average molecular weight is 287 g/mol. The van der Waals surface area contributed by atoms with Gasteiger partial charge in [-0.05, 0) is 37.1 Å². The van der Waals surface area contributed by atoms with E-state index in [0.717, 1.165) is 24.9 Å². The van der Waals surface area contributed by atoms with Gasteiger partial charge in [0, 0.05) is 11.6 Å². The second-order valence-electron chi connectivity index (χ2n) is 4.69. The van der Waals surface area contributed by atoms with Crippen molar-refractivity contribution in [1.82, 2.24) is 5.32 Å². The zero-order valence-corrected chi connectivity index (χ0v) is 11.6. The first kappa shape index (κ1) is 15.0. The number of hydrogen-bond donors (Lipinski definition) is 1. The van der Waals surface area contributed by atoms with E-state index in [0.29, 0.717) is 23.1 Å². The van der Waals surface area contributed by atoms with Gasteiger partial charge in [-0.2, -0.15) is 8.78 Å². The standard InChI is InChI=1S/C14H19F2NO3/c1-18-12-7-10(8-20-14(15)16)13(19-2)6-9(12)5-11-3-4-17-11/h6-7,11,14,17H,3-5,8H2,1-2H3/t11-/m0/s1. The van der Waals surface area contributed by atoms with E-state index in [2.05, 4.69) is 10.1 Å². The minimum atomic E-state index is -2.80. The van der Waals surface area contributed by atoms with Gasteiger partial charge in [0.1, 0.15) is 11.5 Å². The van der Waals surface area contributed by atoms with Crippen LogP contribution in [0.3, 0.4) is 0 Å². The Balaban J connectivity index is 2.19. The van der Waals surface area contributed by atoms with Gasteiger partial charge in [0.15, 0.2) is 0 Å². The van der Waals surface area contributed by atoms with E-state index >= 15 is 0 Å². The molecule has 1 saturated heterocycles. The van der Waals surface area contributed by atoms with Crippen molar-refractivity contribution in [3.05, 3.63) is 23.3 Å². The summed E-state index contributed by atoms with van der Waals surface area (Å²) >= 11 is 0. The smallest absolute Gasteiger partial charge is 0.345 e. The number of benzene rings is 1. The Hall–Kier alpha value is -1.40. The maximum absolute atomic E-state index is 12.1. The van der Waals surface area contributed by atoms with E-state index in [1.807, 2.05) is 6.07 Å². The third-order valence-electron chi connectivity index (χ3n) is 3.44. The maximum Gasteiger partial charge on any atom is 0.345 e. The minimum absolute atomic E-state index is 0.209. The normalized spacial score (nSPS) is 17.9. The molecule has 1 aromatic carbocycles. The molecule has 4 nitrogen and oxygen atoms in total. The van der Waals surface area contributed by atoms with E-state index in [1.54, 1.807) is 13.2 Å². The van der Waals surface area contributed by atoms with Gasteiger partial charge in [-0.25, -0.2) is 0 Å². The molecule has 1 heterocycles. The highest BCUT2D eigenvalue weighted by molar-refractivity contribution is 5.46. The van der Waals surface area contributed by atoms with Gasteiger partial charge in [-0.1, -0.05) is 0 Å². The summed E-state index contributed by atoms with van der Waals surface area (Å²) in [5, 5.41) is 3.32. The first-order chi connectivity index (χ1) is 9.63. The van der Waals surface area contributed by atoms with E-state index in [9.17, 15) is 8.78 Å². The van der Waals surface area contributed by atoms with Crippen molar-refractivity contribution in [2.75, 3.05) is 20.8 Å². The van der Waals surface area contributed by atoms with Crippen molar-refractivity contribution < 1.29 is 23.0 Å². The van der Waals surface area contributed by atoms with E-state index in [4.69, 9.17) is 9.47 Å². The van der Waals surface area contributed by atoms with Crippen LogP contribution >= 0.6 is 0 Å². The van der Waals surface area contributed by atoms with Gasteiger partial charge < -0.3 is 19.5 Å². The molecule has 1 aliphatic rings. The molecule has 0 saturated carbocycles. The summed E-state index contributed by atoms with van der Waals surface area (Å²) in [5.41, 5.74) is 1.55. The second-order valence-corrected chi connectivity index (χ2v) is 4.69. The third-order valence-corrected chi connectivity index (χ3v) is 3.44. The molecule has 0 radical (unpaired) electrons. The van der Waals surface area contributed by atoms with E-state index in [-0.39, 0.29) is 6.61 Å². The molecule has 1 aromatic rings. The molecule has 20 heavy (non-hydrogen) atoms. The SMILES string of the molecule is COc1cc(C[C@@H]2CCN2)c(OC)cc1COC(F)F. The summed E-state index contributed by atoms with van der Waals surface area (Å²) in [5.74, 6) is 1.22. The number of nitrogens with one attached hydrogen (secondary N) is 1. The van der Waals surface area contributed by atoms with Crippen LogP contribution < -0.4 is 14.8 Å². The highest BCUT2D eigenvalue weighted by atomic mass is 19.3. The lowest BCUT2D eigenvalue weighted by molar-refractivity contribution is -0.137. The number of hydrogen-bond acceptors (Lipinski definition) is 4. The number of rotatable bonds is 7. The topological polar surface area (TPSA) is 39.7 Å². The van der Waals surface area contributed by atoms with Crippen LogP contribution in [0.15, 0.2) is 12.1 Å².